The van der Waals surface area contributed by atoms with Gasteiger partial charge in [-0.2, -0.15) is 0 Å². The number of nitrogens with zero attached hydrogens (tertiary/aromatic N) is 1. The fraction of sp³-hybridized carbons (Fsp3) is 0.457. The molecule has 262 valence electrons. The average Bonchev–Trinajstić information content (AvgIpc) is 3.62. The summed E-state index contributed by atoms with van der Waals surface area (Å²) in [5.74, 6) is -3.07. The Kier molecular flexibility index (Phi) is 13.8. The zero-order chi connectivity index (χ0) is 35.3. The van der Waals surface area contributed by atoms with Crippen molar-refractivity contribution in [2.24, 2.45) is 5.92 Å². The van der Waals surface area contributed by atoms with E-state index in [4.69, 9.17) is 0 Å². The number of hydrogen-bond donors (Lipinski definition) is 5. The molecule has 2 aromatic rings. The van der Waals surface area contributed by atoms with Gasteiger partial charge in [-0.15, -0.1) is 0 Å². The van der Waals surface area contributed by atoms with Crippen LogP contribution < -0.4 is 26.4 Å². The minimum Gasteiger partial charge on any atom is -0.354 e. The molecule has 0 aromatic heterocycles. The van der Waals surface area contributed by atoms with Gasteiger partial charge in [0.15, 0.2) is 5.78 Å². The molecule has 5 N–H and O–H groups in total. The minimum atomic E-state index is -0.943. The predicted octanol–water partition coefficient (Wildman–Crippen LogP) is 1.95. The molecule has 1 saturated carbocycles. The zero-order valence-corrected chi connectivity index (χ0v) is 28.8. The van der Waals surface area contributed by atoms with Gasteiger partial charge in [0, 0.05) is 25.1 Å². The normalized spacial score (nSPS) is 17.3. The number of Topliss-reactive ketones (excluding diaryl/α,β-unsaturated/α-hetero) is 1. The van der Waals surface area contributed by atoms with Crippen LogP contribution in [0.2, 0.25) is 0 Å². The van der Waals surface area contributed by atoms with Gasteiger partial charge in [0.05, 0.1) is 12.1 Å². The number of ketones is 1. The molecule has 13 nitrogen and oxygen atoms in total. The van der Waals surface area contributed by atoms with Crippen molar-refractivity contribution in [2.45, 2.75) is 76.4 Å². The first-order valence-electron chi connectivity index (χ1n) is 16.7. The number of rotatable bonds is 14. The van der Waals surface area contributed by atoms with E-state index in [1.807, 2.05) is 0 Å². The van der Waals surface area contributed by atoms with Crippen LogP contribution in [0.4, 0.5) is 0 Å². The van der Waals surface area contributed by atoms with Crippen molar-refractivity contribution in [1.29, 1.82) is 0 Å². The van der Waals surface area contributed by atoms with Crippen molar-refractivity contribution in [3.63, 3.8) is 0 Å². The minimum absolute atomic E-state index is 0.0163. The SMILES string of the molecule is CC(=O)c1ccccc1C(=O)N[C@H](C(=O)N1CCC[C@H]1C(=O)NCCC(=O)NCC(=O)N[C@H](C(=O)NP)c1ccccc1)C1CCCCC1. The lowest BCUT2D eigenvalue weighted by Crippen LogP contribution is -2.56. The molecule has 2 aliphatic rings. The summed E-state index contributed by atoms with van der Waals surface area (Å²) in [5, 5.41) is 13.2. The monoisotopic (exact) mass is 692 g/mol. The molecule has 0 bridgehead atoms. The van der Waals surface area contributed by atoms with E-state index in [2.05, 4.69) is 35.7 Å². The molecule has 0 radical (unpaired) electrons. The summed E-state index contributed by atoms with van der Waals surface area (Å²) in [6.45, 7) is 1.36. The van der Waals surface area contributed by atoms with Crippen LogP contribution in [0.5, 0.6) is 0 Å². The maximum atomic E-state index is 14.0. The Labute approximate surface area is 288 Å². The van der Waals surface area contributed by atoms with E-state index in [0.717, 1.165) is 32.1 Å². The zero-order valence-electron chi connectivity index (χ0n) is 27.7. The van der Waals surface area contributed by atoms with E-state index in [0.29, 0.717) is 24.9 Å². The summed E-state index contributed by atoms with van der Waals surface area (Å²) < 4.78 is 0. The second-order valence-corrected chi connectivity index (χ2v) is 12.7. The van der Waals surface area contributed by atoms with Crippen LogP contribution in [0.3, 0.4) is 0 Å². The lowest BCUT2D eigenvalue weighted by Gasteiger charge is -2.34. The molecule has 1 aliphatic heterocycles. The third-order valence-corrected chi connectivity index (χ3v) is 9.29. The second kappa shape index (κ2) is 18.2. The summed E-state index contributed by atoms with van der Waals surface area (Å²) in [5.41, 5.74) is 1.06. The molecule has 1 saturated heterocycles. The first-order valence-corrected chi connectivity index (χ1v) is 17.3. The Balaban J connectivity index is 1.31. The van der Waals surface area contributed by atoms with Gasteiger partial charge < -0.3 is 31.3 Å². The molecular formula is C35H45N6O7P. The van der Waals surface area contributed by atoms with E-state index in [9.17, 15) is 33.6 Å². The summed E-state index contributed by atoms with van der Waals surface area (Å²) in [4.78, 5) is 91.7. The summed E-state index contributed by atoms with van der Waals surface area (Å²) in [6.07, 6.45) is 5.39. The van der Waals surface area contributed by atoms with Crippen LogP contribution >= 0.6 is 9.39 Å². The van der Waals surface area contributed by atoms with Crippen molar-refractivity contribution >= 4 is 50.6 Å². The maximum absolute atomic E-state index is 14.0. The Hall–Kier alpha value is -4.64. The highest BCUT2D eigenvalue weighted by atomic mass is 31.0. The van der Waals surface area contributed by atoms with Crippen LogP contribution in [0.15, 0.2) is 54.6 Å². The first-order chi connectivity index (χ1) is 23.6. The number of amides is 6. The molecule has 14 heteroatoms. The van der Waals surface area contributed by atoms with Crippen LogP contribution in [0.25, 0.3) is 0 Å². The smallest absolute Gasteiger partial charge is 0.252 e. The molecule has 2 aromatic carbocycles. The molecule has 6 amide bonds. The van der Waals surface area contributed by atoms with E-state index in [-0.39, 0.29) is 48.2 Å². The summed E-state index contributed by atoms with van der Waals surface area (Å²) >= 11 is 0. The highest BCUT2D eigenvalue weighted by Gasteiger charge is 2.41. The molecule has 1 heterocycles. The fourth-order valence-electron chi connectivity index (χ4n) is 6.46. The fourth-order valence-corrected chi connectivity index (χ4v) is 6.63. The van der Waals surface area contributed by atoms with Crippen molar-refractivity contribution < 1.29 is 33.6 Å². The number of nitrogens with one attached hydrogen (secondary N) is 5. The van der Waals surface area contributed by atoms with Crippen LogP contribution in [-0.2, 0) is 24.0 Å². The Morgan fingerprint density at radius 3 is 2.14 bits per heavy atom. The largest absolute Gasteiger partial charge is 0.354 e. The lowest BCUT2D eigenvalue weighted by molar-refractivity contribution is -0.141. The van der Waals surface area contributed by atoms with Gasteiger partial charge in [-0.1, -0.05) is 67.8 Å². The Morgan fingerprint density at radius 1 is 0.796 bits per heavy atom. The first kappa shape index (κ1) is 37.2. The molecular weight excluding hydrogens is 647 g/mol. The average molecular weight is 693 g/mol. The third kappa shape index (κ3) is 10.2. The quantitative estimate of drug-likeness (QED) is 0.148. The third-order valence-electron chi connectivity index (χ3n) is 9.00. The highest BCUT2D eigenvalue weighted by molar-refractivity contribution is 7.15. The number of carbonyl (C=O) groups excluding carboxylic acids is 7. The van der Waals surface area contributed by atoms with Gasteiger partial charge in [-0.3, -0.25) is 33.6 Å². The highest BCUT2D eigenvalue weighted by Crippen LogP contribution is 2.30. The van der Waals surface area contributed by atoms with Gasteiger partial charge in [0.1, 0.15) is 18.1 Å². The number of likely N-dealkylation sites (tertiary alicyclic amines) is 1. The second-order valence-electron chi connectivity index (χ2n) is 12.4. The summed E-state index contributed by atoms with van der Waals surface area (Å²) in [6, 6.07) is 12.6. The molecule has 4 atom stereocenters. The van der Waals surface area contributed by atoms with Crippen molar-refractivity contribution in [2.75, 3.05) is 19.6 Å². The molecule has 0 spiro atoms. The van der Waals surface area contributed by atoms with E-state index >= 15 is 0 Å². The molecule has 4 rings (SSSR count). The van der Waals surface area contributed by atoms with E-state index in [1.165, 1.54) is 11.8 Å². The van der Waals surface area contributed by atoms with Gasteiger partial charge in [-0.05, 0) is 59.5 Å². The number of benzene rings is 2. The predicted molar refractivity (Wildman–Crippen MR) is 185 cm³/mol. The van der Waals surface area contributed by atoms with Crippen LogP contribution in [0, 0.1) is 5.92 Å². The topological polar surface area (TPSA) is 183 Å². The van der Waals surface area contributed by atoms with Crippen molar-refractivity contribution in [3.8, 4) is 0 Å². The Morgan fingerprint density at radius 2 is 1.47 bits per heavy atom. The van der Waals surface area contributed by atoms with Crippen LogP contribution in [0.1, 0.15) is 90.6 Å². The van der Waals surface area contributed by atoms with Gasteiger partial charge in [-0.25, -0.2) is 0 Å². The van der Waals surface area contributed by atoms with Gasteiger partial charge >= 0.3 is 0 Å². The lowest BCUT2D eigenvalue weighted by atomic mass is 9.83. The van der Waals surface area contributed by atoms with Gasteiger partial charge in [0.25, 0.3) is 5.91 Å². The van der Waals surface area contributed by atoms with Gasteiger partial charge in [0.2, 0.25) is 29.5 Å². The molecule has 1 aliphatic carbocycles. The molecule has 49 heavy (non-hydrogen) atoms. The number of hydrogen-bond acceptors (Lipinski definition) is 7. The Bertz CT molecular complexity index is 1530. The van der Waals surface area contributed by atoms with Crippen molar-refractivity contribution in [1.82, 2.24) is 31.3 Å². The molecule has 2 fully saturated rings. The summed E-state index contributed by atoms with van der Waals surface area (Å²) in [7, 11) is 2.10. The van der Waals surface area contributed by atoms with Crippen LogP contribution in [-0.4, -0.2) is 77.8 Å². The van der Waals surface area contributed by atoms with Crippen molar-refractivity contribution in [3.05, 3.63) is 71.3 Å². The number of carbonyl (C=O) groups is 7. The van der Waals surface area contributed by atoms with E-state index < -0.39 is 47.7 Å². The molecule has 1 unspecified atom stereocenters. The standard InChI is InChI=1S/C35H45N6O7P/c1-22(42)25-15-8-9-16-26(25)32(45)39-31(24-13-6-3-7-14-24)35(48)41-20-10-17-27(41)33(46)36-19-18-28(43)37-21-29(44)38-30(34(47)40-49)23-11-4-2-5-12-23/h2,4-5,8-9,11-12,15-16,24,27,30-31H,3,6-7,10,13-14,17-21,49H2,1H3,(H,36,46)(H,37,43)(H,38,44)(H,39,45)(H,40,47)/t27-,30-,31-/m0/s1. The maximum Gasteiger partial charge on any atom is 0.252 e. The van der Waals surface area contributed by atoms with E-state index in [1.54, 1.807) is 54.6 Å².